The first kappa shape index (κ1) is 15.6. The van der Waals surface area contributed by atoms with Crippen molar-refractivity contribution in [2.24, 2.45) is 5.92 Å². The molecule has 1 aromatic carbocycles. The van der Waals surface area contributed by atoms with Crippen LogP contribution in [0.5, 0.6) is 0 Å². The normalized spacial score (nSPS) is 23.2. The van der Waals surface area contributed by atoms with E-state index in [1.54, 1.807) is 0 Å². The van der Waals surface area contributed by atoms with E-state index in [1.165, 1.54) is 68.1 Å². The monoisotopic (exact) mass is 300 g/mol. The summed E-state index contributed by atoms with van der Waals surface area (Å²) in [6.45, 7) is 7.19. The molecule has 0 aliphatic carbocycles. The molecular formula is C20H32N2. The first-order valence-electron chi connectivity index (χ1n) is 9.10. The Morgan fingerprint density at radius 3 is 2.95 bits per heavy atom. The van der Waals surface area contributed by atoms with Crippen LogP contribution in [0.1, 0.15) is 52.9 Å². The Bertz CT molecular complexity index is 592. The number of likely N-dealkylation sites (tertiary alicyclic amines) is 1. The van der Waals surface area contributed by atoms with Gasteiger partial charge in [0.25, 0.3) is 0 Å². The van der Waals surface area contributed by atoms with Gasteiger partial charge in [-0.1, -0.05) is 44.9 Å². The second-order valence-corrected chi connectivity index (χ2v) is 6.89. The summed E-state index contributed by atoms with van der Waals surface area (Å²) in [5, 5.41) is 1.40. The summed E-state index contributed by atoms with van der Waals surface area (Å²) >= 11 is 0. The number of hydrogen-bond donors (Lipinski definition) is 1. The van der Waals surface area contributed by atoms with Crippen molar-refractivity contribution in [2.45, 2.75) is 58.4 Å². The van der Waals surface area contributed by atoms with E-state index in [0.717, 1.165) is 12.0 Å². The molecule has 2 heterocycles. The maximum absolute atomic E-state index is 3.41. The largest absolute Gasteiger partial charge is 0.361 e. The van der Waals surface area contributed by atoms with E-state index in [1.807, 2.05) is 0 Å². The van der Waals surface area contributed by atoms with Crippen LogP contribution in [0.15, 0.2) is 30.5 Å². The third-order valence-corrected chi connectivity index (χ3v) is 5.49. The average molecular weight is 300 g/mol. The van der Waals surface area contributed by atoms with Crippen LogP contribution in [0.25, 0.3) is 10.9 Å². The van der Waals surface area contributed by atoms with E-state index in [2.05, 4.69) is 54.2 Å². The molecule has 0 saturated carbocycles. The first-order valence-corrected chi connectivity index (χ1v) is 9.10. The van der Waals surface area contributed by atoms with Gasteiger partial charge in [0, 0.05) is 31.1 Å². The highest BCUT2D eigenvalue weighted by molar-refractivity contribution is 5.83. The smallest absolute Gasteiger partial charge is 0.0456 e. The Morgan fingerprint density at radius 2 is 2.14 bits per heavy atom. The third kappa shape index (κ3) is 3.38. The fourth-order valence-corrected chi connectivity index (χ4v) is 4.08. The number of fused-ring (bicyclic) bond motifs is 1. The van der Waals surface area contributed by atoms with Crippen molar-refractivity contribution in [1.82, 2.24) is 9.88 Å². The van der Waals surface area contributed by atoms with Crippen LogP contribution in [0.3, 0.4) is 0 Å². The van der Waals surface area contributed by atoms with E-state index >= 15 is 0 Å². The molecule has 2 heteroatoms. The molecule has 22 heavy (non-hydrogen) atoms. The van der Waals surface area contributed by atoms with E-state index in [9.17, 15) is 0 Å². The van der Waals surface area contributed by atoms with Gasteiger partial charge in [0.15, 0.2) is 0 Å². The molecular weight excluding hydrogens is 268 g/mol. The number of benzene rings is 1. The highest BCUT2D eigenvalue weighted by Crippen LogP contribution is 2.28. The fraction of sp³-hybridized carbons (Fsp3) is 0.600. The zero-order valence-corrected chi connectivity index (χ0v) is 14.1. The number of aromatic nitrogens is 1. The first-order chi connectivity index (χ1) is 10.8. The molecule has 1 aliphatic rings. The quantitative estimate of drug-likeness (QED) is 0.772. The number of nitrogens with zero attached hydrogens (tertiary/aromatic N) is 1. The molecule has 2 atom stereocenters. The molecule has 2 unspecified atom stereocenters. The maximum Gasteiger partial charge on any atom is 0.0456 e. The topological polar surface area (TPSA) is 19.0 Å². The van der Waals surface area contributed by atoms with Crippen LogP contribution < -0.4 is 0 Å². The lowest BCUT2D eigenvalue weighted by atomic mass is 9.87. The van der Waals surface area contributed by atoms with Gasteiger partial charge in [0.2, 0.25) is 0 Å². The second kappa shape index (κ2) is 7.32. The van der Waals surface area contributed by atoms with Crippen molar-refractivity contribution in [3.8, 4) is 0 Å². The van der Waals surface area contributed by atoms with Crippen LogP contribution in [0, 0.1) is 5.92 Å². The van der Waals surface area contributed by atoms with Gasteiger partial charge in [-0.05, 0) is 49.8 Å². The molecule has 1 fully saturated rings. The lowest BCUT2D eigenvalue weighted by Gasteiger charge is -2.39. The Morgan fingerprint density at radius 1 is 1.27 bits per heavy atom. The van der Waals surface area contributed by atoms with Crippen molar-refractivity contribution in [1.29, 1.82) is 0 Å². The van der Waals surface area contributed by atoms with Gasteiger partial charge < -0.3 is 9.88 Å². The van der Waals surface area contributed by atoms with E-state index in [0.29, 0.717) is 0 Å². The number of para-hydroxylation sites is 1. The molecule has 2 aromatic rings. The number of rotatable bonds is 6. The SMILES string of the molecule is CCCC1CC(CC)CCN1CCc1c[nH]c2ccccc12.[HH]. The van der Waals surface area contributed by atoms with E-state index < -0.39 is 0 Å². The zero-order valence-electron chi connectivity index (χ0n) is 14.1. The van der Waals surface area contributed by atoms with Crippen molar-refractivity contribution in [3.05, 3.63) is 36.0 Å². The molecule has 1 saturated heterocycles. The third-order valence-electron chi connectivity index (χ3n) is 5.49. The van der Waals surface area contributed by atoms with Crippen molar-refractivity contribution >= 4 is 10.9 Å². The number of hydrogen-bond acceptors (Lipinski definition) is 1. The summed E-state index contributed by atoms with van der Waals surface area (Å²) in [6.07, 6.45) is 10.2. The van der Waals surface area contributed by atoms with Gasteiger partial charge in [-0.3, -0.25) is 0 Å². The Kier molecular flexibility index (Phi) is 5.20. The molecule has 1 aromatic heterocycles. The second-order valence-electron chi connectivity index (χ2n) is 6.89. The molecule has 3 rings (SSSR count). The summed E-state index contributed by atoms with van der Waals surface area (Å²) < 4.78 is 0. The highest BCUT2D eigenvalue weighted by atomic mass is 15.2. The average Bonchev–Trinajstić information content (AvgIpc) is 2.97. The summed E-state index contributed by atoms with van der Waals surface area (Å²) in [6, 6.07) is 9.48. The molecule has 0 bridgehead atoms. The minimum atomic E-state index is 0. The predicted molar refractivity (Wildman–Crippen MR) is 97.4 cm³/mol. The van der Waals surface area contributed by atoms with Gasteiger partial charge in [0.1, 0.15) is 0 Å². The molecule has 1 aliphatic heterocycles. The van der Waals surface area contributed by atoms with E-state index in [4.69, 9.17) is 0 Å². The Labute approximate surface area is 136 Å². The summed E-state index contributed by atoms with van der Waals surface area (Å²) in [7, 11) is 0. The van der Waals surface area contributed by atoms with Crippen molar-refractivity contribution < 1.29 is 1.43 Å². The Hall–Kier alpha value is -1.28. The lowest BCUT2D eigenvalue weighted by Crippen LogP contribution is -2.43. The van der Waals surface area contributed by atoms with Crippen molar-refractivity contribution in [2.75, 3.05) is 13.1 Å². The highest BCUT2D eigenvalue weighted by Gasteiger charge is 2.26. The molecule has 0 spiro atoms. The summed E-state index contributed by atoms with van der Waals surface area (Å²) in [5.74, 6) is 0.959. The predicted octanol–water partition coefficient (Wildman–Crippen LogP) is 5.25. The number of H-pyrrole nitrogens is 1. The summed E-state index contributed by atoms with van der Waals surface area (Å²) in [4.78, 5) is 6.17. The maximum atomic E-state index is 3.41. The van der Waals surface area contributed by atoms with Gasteiger partial charge >= 0.3 is 0 Å². The standard InChI is InChI=1S/C20H30N2.H2/c1-3-7-18-14-16(4-2)10-12-22(18)13-11-17-15-21-20-9-6-5-8-19(17)20;/h5-6,8-9,15-16,18,21H,3-4,7,10-14H2,1-2H3;1H. The molecule has 0 radical (unpaired) electrons. The van der Waals surface area contributed by atoms with Gasteiger partial charge in [-0.25, -0.2) is 0 Å². The van der Waals surface area contributed by atoms with Gasteiger partial charge in [0.05, 0.1) is 0 Å². The minimum Gasteiger partial charge on any atom is -0.361 e. The summed E-state index contributed by atoms with van der Waals surface area (Å²) in [5.41, 5.74) is 2.75. The fourth-order valence-electron chi connectivity index (χ4n) is 4.08. The Balaban J connectivity index is 0.00000192. The van der Waals surface area contributed by atoms with Gasteiger partial charge in [-0.15, -0.1) is 0 Å². The van der Waals surface area contributed by atoms with Crippen LogP contribution in [0.2, 0.25) is 0 Å². The van der Waals surface area contributed by atoms with Crippen LogP contribution in [-0.4, -0.2) is 29.0 Å². The van der Waals surface area contributed by atoms with Crippen LogP contribution >= 0.6 is 0 Å². The van der Waals surface area contributed by atoms with Crippen LogP contribution in [0.4, 0.5) is 0 Å². The van der Waals surface area contributed by atoms with Crippen molar-refractivity contribution in [3.63, 3.8) is 0 Å². The minimum absolute atomic E-state index is 0. The number of piperidine rings is 1. The van der Waals surface area contributed by atoms with Crippen LogP contribution in [-0.2, 0) is 6.42 Å². The molecule has 1 N–H and O–H groups in total. The molecule has 122 valence electrons. The van der Waals surface area contributed by atoms with Gasteiger partial charge in [-0.2, -0.15) is 0 Å². The van der Waals surface area contributed by atoms with E-state index in [-0.39, 0.29) is 1.43 Å². The number of nitrogens with one attached hydrogen (secondary N) is 1. The number of aromatic amines is 1. The lowest BCUT2D eigenvalue weighted by molar-refractivity contribution is 0.104. The molecule has 0 amide bonds. The zero-order chi connectivity index (χ0) is 15.4. The molecule has 2 nitrogen and oxygen atoms in total.